The van der Waals surface area contributed by atoms with Crippen molar-refractivity contribution < 1.29 is 19.4 Å². The van der Waals surface area contributed by atoms with Gasteiger partial charge in [0.1, 0.15) is 17.1 Å². The average molecular weight is 284 g/mol. The van der Waals surface area contributed by atoms with Crippen LogP contribution in [0.25, 0.3) is 0 Å². The van der Waals surface area contributed by atoms with Gasteiger partial charge in [-0.25, -0.2) is 9.78 Å². The van der Waals surface area contributed by atoms with E-state index in [1.54, 1.807) is 18.2 Å². The molecule has 0 aliphatic carbocycles. The Hall–Kier alpha value is -2.89. The van der Waals surface area contributed by atoms with Gasteiger partial charge >= 0.3 is 5.97 Å². The molecule has 0 spiro atoms. The quantitative estimate of drug-likeness (QED) is 0.899. The van der Waals surface area contributed by atoms with E-state index in [1.165, 1.54) is 18.3 Å². The molecule has 0 fully saturated rings. The van der Waals surface area contributed by atoms with Gasteiger partial charge in [-0.1, -0.05) is 0 Å². The number of pyridine rings is 1. The first-order valence-electron chi connectivity index (χ1n) is 6.40. The van der Waals surface area contributed by atoms with Gasteiger partial charge < -0.3 is 15.2 Å². The first kappa shape index (κ1) is 13.1. The van der Waals surface area contributed by atoms with Crippen LogP contribution in [-0.2, 0) is 6.42 Å². The van der Waals surface area contributed by atoms with E-state index in [4.69, 9.17) is 9.84 Å². The monoisotopic (exact) mass is 284 g/mol. The van der Waals surface area contributed by atoms with E-state index in [1.807, 2.05) is 0 Å². The third-order valence-electron chi connectivity index (χ3n) is 3.22. The molecule has 2 heterocycles. The highest BCUT2D eigenvalue weighted by Crippen LogP contribution is 2.26. The highest BCUT2D eigenvalue weighted by atomic mass is 16.5. The molecule has 6 nitrogen and oxygen atoms in total. The van der Waals surface area contributed by atoms with E-state index >= 15 is 0 Å². The summed E-state index contributed by atoms with van der Waals surface area (Å²) in [6.07, 6.45) is 2.19. The number of ether oxygens (including phenoxy) is 1. The second-order valence-electron chi connectivity index (χ2n) is 4.58. The predicted octanol–water partition coefficient (Wildman–Crippen LogP) is 1.97. The SMILES string of the molecule is O=C(Nc1ncccc1C(=O)O)c1ccc2c(c1)CCO2. The lowest BCUT2D eigenvalue weighted by molar-refractivity contribution is 0.0697. The summed E-state index contributed by atoms with van der Waals surface area (Å²) in [7, 11) is 0. The summed E-state index contributed by atoms with van der Waals surface area (Å²) in [6, 6.07) is 8.03. The van der Waals surface area contributed by atoms with E-state index in [0.717, 1.165) is 17.7 Å². The number of nitrogens with one attached hydrogen (secondary N) is 1. The fraction of sp³-hybridized carbons (Fsp3) is 0.133. The summed E-state index contributed by atoms with van der Waals surface area (Å²) in [5, 5.41) is 11.6. The summed E-state index contributed by atoms with van der Waals surface area (Å²) >= 11 is 0. The molecule has 106 valence electrons. The summed E-state index contributed by atoms with van der Waals surface area (Å²) in [4.78, 5) is 27.2. The van der Waals surface area contributed by atoms with Gasteiger partial charge in [-0.15, -0.1) is 0 Å². The summed E-state index contributed by atoms with van der Waals surface area (Å²) in [5.74, 6) is -0.714. The number of aromatic nitrogens is 1. The molecular weight excluding hydrogens is 272 g/mol. The number of anilines is 1. The van der Waals surface area contributed by atoms with Crippen LogP contribution in [0, 0.1) is 0 Å². The second kappa shape index (κ2) is 5.24. The normalized spacial score (nSPS) is 12.4. The number of rotatable bonds is 3. The van der Waals surface area contributed by atoms with Crippen molar-refractivity contribution in [3.8, 4) is 5.75 Å². The molecule has 3 rings (SSSR count). The zero-order valence-electron chi connectivity index (χ0n) is 11.0. The van der Waals surface area contributed by atoms with Crippen LogP contribution in [0.15, 0.2) is 36.5 Å². The average Bonchev–Trinajstić information content (AvgIpc) is 2.94. The van der Waals surface area contributed by atoms with E-state index in [2.05, 4.69) is 10.3 Å². The molecule has 0 saturated heterocycles. The summed E-state index contributed by atoms with van der Waals surface area (Å²) in [5.41, 5.74) is 1.37. The fourth-order valence-electron chi connectivity index (χ4n) is 2.19. The Morgan fingerprint density at radius 2 is 2.14 bits per heavy atom. The molecule has 0 unspecified atom stereocenters. The standard InChI is InChI=1S/C15H12N2O4/c18-14(10-3-4-12-9(8-10)5-7-21-12)17-13-11(15(19)20)2-1-6-16-13/h1-4,6,8H,5,7H2,(H,19,20)(H,16,17,18). The summed E-state index contributed by atoms with van der Waals surface area (Å²) < 4.78 is 5.38. The van der Waals surface area contributed by atoms with Crippen molar-refractivity contribution in [1.29, 1.82) is 0 Å². The molecular formula is C15H12N2O4. The smallest absolute Gasteiger partial charge is 0.339 e. The van der Waals surface area contributed by atoms with Gasteiger partial charge in [-0.3, -0.25) is 4.79 Å². The highest BCUT2D eigenvalue weighted by molar-refractivity contribution is 6.07. The largest absolute Gasteiger partial charge is 0.493 e. The molecule has 0 saturated carbocycles. The van der Waals surface area contributed by atoms with Crippen LogP contribution in [0.1, 0.15) is 26.3 Å². The third kappa shape index (κ3) is 2.55. The van der Waals surface area contributed by atoms with Crippen molar-refractivity contribution in [2.24, 2.45) is 0 Å². The predicted molar refractivity (Wildman–Crippen MR) is 74.8 cm³/mol. The maximum Gasteiger partial charge on any atom is 0.339 e. The van der Waals surface area contributed by atoms with Gasteiger partial charge in [0, 0.05) is 18.2 Å². The van der Waals surface area contributed by atoms with Gasteiger partial charge in [0.25, 0.3) is 5.91 Å². The van der Waals surface area contributed by atoms with E-state index in [-0.39, 0.29) is 11.4 Å². The third-order valence-corrected chi connectivity index (χ3v) is 3.22. The number of carbonyl (C=O) groups is 2. The fourth-order valence-corrected chi connectivity index (χ4v) is 2.19. The molecule has 1 amide bonds. The zero-order valence-corrected chi connectivity index (χ0v) is 11.0. The Morgan fingerprint density at radius 1 is 1.29 bits per heavy atom. The van der Waals surface area contributed by atoms with Crippen molar-refractivity contribution in [3.05, 3.63) is 53.2 Å². The minimum absolute atomic E-state index is 0.0340. The lowest BCUT2D eigenvalue weighted by Gasteiger charge is -2.08. The molecule has 21 heavy (non-hydrogen) atoms. The van der Waals surface area contributed by atoms with Gasteiger partial charge in [0.05, 0.1) is 6.61 Å². The highest BCUT2D eigenvalue weighted by Gasteiger charge is 2.17. The van der Waals surface area contributed by atoms with Crippen molar-refractivity contribution in [3.63, 3.8) is 0 Å². The number of amides is 1. The van der Waals surface area contributed by atoms with Crippen molar-refractivity contribution in [2.45, 2.75) is 6.42 Å². The molecule has 0 atom stereocenters. The molecule has 2 N–H and O–H groups in total. The molecule has 0 radical (unpaired) electrons. The minimum Gasteiger partial charge on any atom is -0.493 e. The Labute approximate surface area is 120 Å². The topological polar surface area (TPSA) is 88.5 Å². The Morgan fingerprint density at radius 3 is 2.95 bits per heavy atom. The Balaban J connectivity index is 1.85. The van der Waals surface area contributed by atoms with Crippen LogP contribution in [0.5, 0.6) is 5.75 Å². The van der Waals surface area contributed by atoms with Crippen LogP contribution < -0.4 is 10.1 Å². The number of carbonyl (C=O) groups excluding carboxylic acids is 1. The molecule has 1 aliphatic rings. The van der Waals surface area contributed by atoms with Gasteiger partial charge in [-0.2, -0.15) is 0 Å². The van der Waals surface area contributed by atoms with Crippen molar-refractivity contribution in [1.82, 2.24) is 4.98 Å². The molecule has 0 bridgehead atoms. The van der Waals surface area contributed by atoms with Gasteiger partial charge in [-0.05, 0) is 35.9 Å². The van der Waals surface area contributed by atoms with Crippen LogP contribution >= 0.6 is 0 Å². The first-order valence-corrected chi connectivity index (χ1v) is 6.40. The molecule has 6 heteroatoms. The van der Waals surface area contributed by atoms with Crippen molar-refractivity contribution in [2.75, 3.05) is 11.9 Å². The van der Waals surface area contributed by atoms with Crippen LogP contribution in [0.2, 0.25) is 0 Å². The second-order valence-corrected chi connectivity index (χ2v) is 4.58. The number of aromatic carboxylic acids is 1. The van der Waals surface area contributed by atoms with E-state index in [9.17, 15) is 9.59 Å². The Kier molecular flexibility index (Phi) is 3.27. The number of hydrogen-bond donors (Lipinski definition) is 2. The van der Waals surface area contributed by atoms with Crippen LogP contribution in [0.3, 0.4) is 0 Å². The minimum atomic E-state index is -1.14. The number of benzene rings is 1. The first-order chi connectivity index (χ1) is 10.1. The molecule has 1 aliphatic heterocycles. The lowest BCUT2D eigenvalue weighted by Crippen LogP contribution is -2.16. The van der Waals surface area contributed by atoms with E-state index < -0.39 is 11.9 Å². The van der Waals surface area contributed by atoms with Gasteiger partial charge in [0.2, 0.25) is 0 Å². The van der Waals surface area contributed by atoms with Crippen molar-refractivity contribution >= 4 is 17.7 Å². The maximum absolute atomic E-state index is 12.2. The maximum atomic E-state index is 12.2. The number of hydrogen-bond acceptors (Lipinski definition) is 4. The zero-order chi connectivity index (χ0) is 14.8. The molecule has 1 aromatic carbocycles. The molecule has 1 aromatic heterocycles. The number of carboxylic acid groups (broad SMARTS) is 1. The lowest BCUT2D eigenvalue weighted by atomic mass is 10.1. The van der Waals surface area contributed by atoms with E-state index in [0.29, 0.717) is 12.2 Å². The van der Waals surface area contributed by atoms with Crippen LogP contribution in [-0.4, -0.2) is 28.6 Å². The number of carboxylic acids is 1. The number of nitrogens with zero attached hydrogens (tertiary/aromatic N) is 1. The van der Waals surface area contributed by atoms with Gasteiger partial charge in [0.15, 0.2) is 0 Å². The van der Waals surface area contributed by atoms with Crippen LogP contribution in [0.4, 0.5) is 5.82 Å². The molecule has 2 aromatic rings. The number of fused-ring (bicyclic) bond motifs is 1. The Bertz CT molecular complexity index is 727. The summed E-state index contributed by atoms with van der Waals surface area (Å²) in [6.45, 7) is 0.615.